The number of nitrogens with zero attached hydrogens (tertiary/aromatic N) is 2. The molecule has 1 atom stereocenters. The number of hydrogen-bond acceptors (Lipinski definition) is 3. The van der Waals surface area contributed by atoms with Gasteiger partial charge in [0.1, 0.15) is 0 Å². The predicted octanol–water partition coefficient (Wildman–Crippen LogP) is 2.21. The fourth-order valence-electron chi connectivity index (χ4n) is 3.58. The second kappa shape index (κ2) is 7.26. The van der Waals surface area contributed by atoms with Crippen molar-refractivity contribution in [2.45, 2.75) is 52.1 Å². The van der Waals surface area contributed by atoms with Gasteiger partial charge in [-0.05, 0) is 65.2 Å². The molecular formula is C15H32ClN3. The average molecular weight is 290 g/mol. The molecule has 2 rings (SSSR count). The Morgan fingerprint density at radius 3 is 2.42 bits per heavy atom. The molecule has 0 aromatic carbocycles. The molecule has 114 valence electrons. The number of halogens is 1. The number of likely N-dealkylation sites (tertiary alicyclic amines) is 1. The van der Waals surface area contributed by atoms with Crippen LogP contribution < -0.4 is 5.32 Å². The summed E-state index contributed by atoms with van der Waals surface area (Å²) in [7, 11) is 2.33. The highest BCUT2D eigenvalue weighted by molar-refractivity contribution is 5.85. The normalized spacial score (nSPS) is 30.0. The summed E-state index contributed by atoms with van der Waals surface area (Å²) >= 11 is 0. The van der Waals surface area contributed by atoms with Crippen molar-refractivity contribution in [3.05, 3.63) is 0 Å². The number of nitrogens with one attached hydrogen (secondary N) is 1. The van der Waals surface area contributed by atoms with E-state index in [0.717, 1.165) is 6.04 Å². The summed E-state index contributed by atoms with van der Waals surface area (Å²) < 4.78 is 0. The molecule has 2 saturated heterocycles. The Morgan fingerprint density at radius 1 is 1.32 bits per heavy atom. The molecule has 2 heterocycles. The van der Waals surface area contributed by atoms with Crippen molar-refractivity contribution in [3.63, 3.8) is 0 Å². The molecule has 2 aliphatic heterocycles. The van der Waals surface area contributed by atoms with Crippen LogP contribution in [0.3, 0.4) is 0 Å². The van der Waals surface area contributed by atoms with Crippen molar-refractivity contribution < 1.29 is 0 Å². The van der Waals surface area contributed by atoms with Gasteiger partial charge in [-0.25, -0.2) is 0 Å². The molecule has 0 aromatic rings. The number of piperidine rings is 1. The fraction of sp³-hybridized carbons (Fsp3) is 1.00. The average Bonchev–Trinajstić information content (AvgIpc) is 2.76. The van der Waals surface area contributed by atoms with E-state index in [1.807, 2.05) is 0 Å². The highest BCUT2D eigenvalue weighted by atomic mass is 35.5. The lowest BCUT2D eigenvalue weighted by molar-refractivity contribution is 0.0841. The summed E-state index contributed by atoms with van der Waals surface area (Å²) in [6, 6.07) is 1.52. The van der Waals surface area contributed by atoms with Gasteiger partial charge in [0, 0.05) is 25.2 Å². The largest absolute Gasteiger partial charge is 0.316 e. The predicted molar refractivity (Wildman–Crippen MR) is 85.2 cm³/mol. The summed E-state index contributed by atoms with van der Waals surface area (Å²) in [5, 5.41) is 3.51. The van der Waals surface area contributed by atoms with Crippen LogP contribution in [-0.4, -0.2) is 61.7 Å². The van der Waals surface area contributed by atoms with Crippen LogP contribution in [0.5, 0.6) is 0 Å². The minimum atomic E-state index is 0. The van der Waals surface area contributed by atoms with Crippen LogP contribution in [0.2, 0.25) is 0 Å². The number of rotatable bonds is 4. The van der Waals surface area contributed by atoms with Crippen molar-refractivity contribution in [1.82, 2.24) is 15.1 Å². The second-order valence-corrected chi connectivity index (χ2v) is 7.01. The number of hydrogen-bond donors (Lipinski definition) is 1. The van der Waals surface area contributed by atoms with Crippen LogP contribution in [0.15, 0.2) is 0 Å². The zero-order valence-corrected chi connectivity index (χ0v) is 13.9. The van der Waals surface area contributed by atoms with E-state index in [-0.39, 0.29) is 12.4 Å². The lowest BCUT2D eigenvalue weighted by Gasteiger charge is -2.41. The van der Waals surface area contributed by atoms with Gasteiger partial charge in [-0.3, -0.25) is 0 Å². The van der Waals surface area contributed by atoms with E-state index in [2.05, 4.69) is 42.9 Å². The first-order valence-electron chi connectivity index (χ1n) is 7.65. The highest BCUT2D eigenvalue weighted by Gasteiger charge is 2.32. The van der Waals surface area contributed by atoms with Crippen molar-refractivity contribution in [2.75, 3.05) is 39.8 Å². The molecule has 1 N–H and O–H groups in total. The second-order valence-electron chi connectivity index (χ2n) is 7.01. The molecule has 2 aliphatic rings. The molecule has 1 unspecified atom stereocenters. The minimum Gasteiger partial charge on any atom is -0.316 e. The Labute approximate surface area is 125 Å². The van der Waals surface area contributed by atoms with E-state index in [1.165, 1.54) is 52.0 Å². The van der Waals surface area contributed by atoms with E-state index in [4.69, 9.17) is 0 Å². The van der Waals surface area contributed by atoms with Crippen LogP contribution in [0.4, 0.5) is 0 Å². The maximum absolute atomic E-state index is 3.51. The van der Waals surface area contributed by atoms with Gasteiger partial charge in [0.2, 0.25) is 0 Å². The lowest BCUT2D eigenvalue weighted by atomic mass is 9.88. The summed E-state index contributed by atoms with van der Waals surface area (Å²) in [5.74, 6) is 0. The minimum absolute atomic E-state index is 0. The molecule has 2 fully saturated rings. The van der Waals surface area contributed by atoms with Gasteiger partial charge in [-0.1, -0.05) is 6.92 Å². The quantitative estimate of drug-likeness (QED) is 0.856. The zero-order chi connectivity index (χ0) is 13.2. The Bertz CT molecular complexity index is 256. The molecular weight excluding hydrogens is 258 g/mol. The Balaban J connectivity index is 0.00000180. The third-order valence-electron chi connectivity index (χ3n) is 4.94. The van der Waals surface area contributed by atoms with Crippen molar-refractivity contribution in [3.8, 4) is 0 Å². The van der Waals surface area contributed by atoms with E-state index in [0.29, 0.717) is 11.5 Å². The van der Waals surface area contributed by atoms with E-state index in [1.54, 1.807) is 0 Å². The summed E-state index contributed by atoms with van der Waals surface area (Å²) in [6.45, 7) is 13.3. The smallest absolute Gasteiger partial charge is 0.0117 e. The molecule has 4 heteroatoms. The highest BCUT2D eigenvalue weighted by Crippen LogP contribution is 2.27. The molecule has 0 aromatic heterocycles. The van der Waals surface area contributed by atoms with Gasteiger partial charge in [-0.15, -0.1) is 12.4 Å². The molecule has 0 amide bonds. The Hall–Kier alpha value is 0.170. The summed E-state index contributed by atoms with van der Waals surface area (Å²) in [4.78, 5) is 5.24. The fourth-order valence-corrected chi connectivity index (χ4v) is 3.58. The van der Waals surface area contributed by atoms with Crippen LogP contribution in [0, 0.1) is 5.41 Å². The lowest BCUT2D eigenvalue weighted by Crippen LogP contribution is -2.48. The first-order valence-corrected chi connectivity index (χ1v) is 7.65. The van der Waals surface area contributed by atoms with Crippen molar-refractivity contribution in [2.24, 2.45) is 5.41 Å². The molecule has 0 radical (unpaired) electrons. The SMILES string of the molecule is CC(C)N1CCC(N(C)CC2(C)CCNC2)CC1.Cl. The topological polar surface area (TPSA) is 18.5 Å². The molecule has 0 spiro atoms. The maximum atomic E-state index is 3.51. The van der Waals surface area contributed by atoms with Gasteiger partial charge >= 0.3 is 0 Å². The Morgan fingerprint density at radius 2 is 1.95 bits per heavy atom. The van der Waals surface area contributed by atoms with Crippen molar-refractivity contribution in [1.29, 1.82) is 0 Å². The van der Waals surface area contributed by atoms with Crippen LogP contribution in [0.25, 0.3) is 0 Å². The van der Waals surface area contributed by atoms with Gasteiger partial charge in [0.15, 0.2) is 0 Å². The maximum Gasteiger partial charge on any atom is 0.0117 e. The van der Waals surface area contributed by atoms with E-state index in [9.17, 15) is 0 Å². The Kier molecular flexibility index (Phi) is 6.58. The van der Waals surface area contributed by atoms with Crippen molar-refractivity contribution >= 4 is 12.4 Å². The van der Waals surface area contributed by atoms with Gasteiger partial charge in [-0.2, -0.15) is 0 Å². The van der Waals surface area contributed by atoms with E-state index < -0.39 is 0 Å². The first kappa shape index (κ1) is 17.2. The standard InChI is InChI=1S/C15H31N3.ClH/c1-13(2)18-9-5-14(6-10-18)17(4)12-15(3)7-8-16-11-15;/h13-14,16H,5-12H2,1-4H3;1H. The van der Waals surface area contributed by atoms with Gasteiger partial charge < -0.3 is 15.1 Å². The van der Waals surface area contributed by atoms with Gasteiger partial charge in [0.25, 0.3) is 0 Å². The zero-order valence-electron chi connectivity index (χ0n) is 13.1. The third kappa shape index (κ3) is 4.59. The van der Waals surface area contributed by atoms with Crippen LogP contribution in [-0.2, 0) is 0 Å². The first-order chi connectivity index (χ1) is 8.50. The monoisotopic (exact) mass is 289 g/mol. The molecule has 3 nitrogen and oxygen atoms in total. The van der Waals surface area contributed by atoms with Crippen LogP contribution in [0.1, 0.15) is 40.0 Å². The van der Waals surface area contributed by atoms with E-state index >= 15 is 0 Å². The summed E-state index contributed by atoms with van der Waals surface area (Å²) in [6.07, 6.45) is 4.03. The van der Waals surface area contributed by atoms with Crippen LogP contribution >= 0.6 is 12.4 Å². The molecule has 0 aliphatic carbocycles. The third-order valence-corrected chi connectivity index (χ3v) is 4.94. The molecule has 19 heavy (non-hydrogen) atoms. The molecule has 0 bridgehead atoms. The van der Waals surface area contributed by atoms with Gasteiger partial charge in [0.05, 0.1) is 0 Å². The molecule has 0 saturated carbocycles. The summed E-state index contributed by atoms with van der Waals surface area (Å²) in [5.41, 5.74) is 0.504.